The third kappa shape index (κ3) is 9.43. The van der Waals surface area contributed by atoms with E-state index in [1.54, 1.807) is 25.1 Å². The minimum absolute atomic E-state index is 0.0156. The van der Waals surface area contributed by atoms with Gasteiger partial charge in [-0.1, -0.05) is 69.5 Å². The topological polar surface area (TPSA) is 147 Å². The zero-order valence-corrected chi connectivity index (χ0v) is 25.4. The number of rotatable bonds is 19. The number of hydrogen-bond donors (Lipinski definition) is 3. The van der Waals surface area contributed by atoms with Crippen LogP contribution in [0.2, 0.25) is 0 Å². The van der Waals surface area contributed by atoms with Crippen molar-refractivity contribution in [3.63, 3.8) is 0 Å². The van der Waals surface area contributed by atoms with Crippen molar-refractivity contribution in [2.45, 2.75) is 65.5 Å². The maximum atomic E-state index is 13.4. The maximum absolute atomic E-state index is 13.4. The lowest BCUT2D eigenvalue weighted by molar-refractivity contribution is -0.200. The maximum Gasteiger partial charge on any atom is 0.339 e. The quantitative estimate of drug-likeness (QED) is 0.0709. The molecular weight excluding hydrogens is 566 g/mol. The second kappa shape index (κ2) is 17.5. The fourth-order valence-corrected chi connectivity index (χ4v) is 4.85. The third-order valence-corrected chi connectivity index (χ3v) is 7.13. The van der Waals surface area contributed by atoms with E-state index in [1.165, 1.54) is 17.2 Å². The van der Waals surface area contributed by atoms with Gasteiger partial charge in [0.25, 0.3) is 5.91 Å². The summed E-state index contributed by atoms with van der Waals surface area (Å²) in [4.78, 5) is 55.5. The Morgan fingerprint density at radius 2 is 1.77 bits per heavy atom. The Morgan fingerprint density at radius 1 is 1.00 bits per heavy atom. The predicted molar refractivity (Wildman–Crippen MR) is 164 cm³/mol. The number of carboxylic acid groups (broad SMARTS) is 1. The molecule has 1 aromatic heterocycles. The van der Waals surface area contributed by atoms with E-state index < -0.39 is 23.8 Å². The molecule has 0 spiro atoms. The number of carbonyl (C=O) groups is 4. The number of furan rings is 1. The van der Waals surface area contributed by atoms with Crippen molar-refractivity contribution < 1.29 is 38.3 Å². The molecule has 11 heteroatoms. The van der Waals surface area contributed by atoms with Gasteiger partial charge in [0.05, 0.1) is 25.2 Å². The van der Waals surface area contributed by atoms with Gasteiger partial charge in [0, 0.05) is 5.56 Å². The standard InChI is InChI=1S/C33H41N3O8/c1-4-7-9-14-25(27(5-2)36(22-37)43-20-23-12-10-8-11-13-23)31(38)34-21-35-32(39)29-18-17-28(44-29)24-15-16-26(33(40)41)30(19-24)42-6-3/h8,10-13,15-19,22,25,27H,4-7,9,14,20-21H2,1-3H3,(H,34,38)(H,35,39)(H,40,41)/t25-,27-/m1/s1. The van der Waals surface area contributed by atoms with Crippen molar-refractivity contribution in [3.8, 4) is 17.1 Å². The highest BCUT2D eigenvalue weighted by Crippen LogP contribution is 2.29. The van der Waals surface area contributed by atoms with Gasteiger partial charge in [0.2, 0.25) is 12.3 Å². The Hall–Kier alpha value is -4.64. The average molecular weight is 608 g/mol. The predicted octanol–water partition coefficient (Wildman–Crippen LogP) is 5.41. The summed E-state index contributed by atoms with van der Waals surface area (Å²) < 4.78 is 11.2. The monoisotopic (exact) mass is 607 g/mol. The number of hydroxylamine groups is 2. The van der Waals surface area contributed by atoms with Crippen molar-refractivity contribution in [2.75, 3.05) is 13.3 Å². The molecule has 0 saturated heterocycles. The summed E-state index contributed by atoms with van der Waals surface area (Å²) in [6.07, 6.45) is 4.38. The Balaban J connectivity index is 1.63. The number of amides is 3. The fraction of sp³-hybridized carbons (Fsp3) is 0.394. The molecule has 0 bridgehead atoms. The van der Waals surface area contributed by atoms with Gasteiger partial charge in [-0.2, -0.15) is 0 Å². The average Bonchev–Trinajstić information content (AvgIpc) is 3.53. The zero-order chi connectivity index (χ0) is 31.9. The largest absolute Gasteiger partial charge is 0.493 e. The summed E-state index contributed by atoms with van der Waals surface area (Å²) in [5.74, 6) is -1.94. The van der Waals surface area contributed by atoms with Gasteiger partial charge in [0.1, 0.15) is 23.7 Å². The molecule has 236 valence electrons. The SMILES string of the molecule is CCCCC[C@@H](C(=O)NCNC(=O)c1ccc(-c2ccc(C(=O)O)c(OCC)c2)o1)[C@@H](CC)N(C=O)OCc1ccccc1. The Labute approximate surface area is 257 Å². The summed E-state index contributed by atoms with van der Waals surface area (Å²) in [6.45, 7) is 6.05. The van der Waals surface area contributed by atoms with Gasteiger partial charge in [-0.3, -0.25) is 19.2 Å². The molecule has 0 fully saturated rings. The van der Waals surface area contributed by atoms with Crippen LogP contribution < -0.4 is 15.4 Å². The summed E-state index contributed by atoms with van der Waals surface area (Å²) in [7, 11) is 0. The number of unbranched alkanes of at least 4 members (excludes halogenated alkanes) is 2. The molecule has 11 nitrogen and oxygen atoms in total. The van der Waals surface area contributed by atoms with E-state index in [4.69, 9.17) is 14.0 Å². The Kier molecular flexibility index (Phi) is 13.4. The van der Waals surface area contributed by atoms with Gasteiger partial charge in [-0.05, 0) is 49.6 Å². The van der Waals surface area contributed by atoms with Gasteiger partial charge < -0.3 is 24.9 Å². The van der Waals surface area contributed by atoms with Gasteiger partial charge in [-0.25, -0.2) is 9.86 Å². The molecule has 3 amide bonds. The van der Waals surface area contributed by atoms with Crippen LogP contribution >= 0.6 is 0 Å². The van der Waals surface area contributed by atoms with Crippen LogP contribution in [0.4, 0.5) is 0 Å². The number of carbonyl (C=O) groups excluding carboxylic acids is 3. The molecule has 3 rings (SSSR count). The molecule has 3 N–H and O–H groups in total. The molecule has 0 aliphatic carbocycles. The molecule has 0 aliphatic rings. The highest BCUT2D eigenvalue weighted by Gasteiger charge is 2.32. The van der Waals surface area contributed by atoms with Crippen LogP contribution in [0.3, 0.4) is 0 Å². The van der Waals surface area contributed by atoms with Crippen LogP contribution in [0.1, 0.15) is 79.4 Å². The van der Waals surface area contributed by atoms with Crippen LogP contribution in [0.25, 0.3) is 11.3 Å². The first-order chi connectivity index (χ1) is 21.3. The first kappa shape index (κ1) is 33.9. The molecule has 2 aromatic carbocycles. The minimum atomic E-state index is -1.11. The Bertz CT molecular complexity index is 1370. The molecule has 2 atom stereocenters. The number of carboxylic acids is 1. The summed E-state index contributed by atoms with van der Waals surface area (Å²) in [6, 6.07) is 16.6. The van der Waals surface area contributed by atoms with E-state index >= 15 is 0 Å². The molecule has 1 heterocycles. The van der Waals surface area contributed by atoms with E-state index in [-0.39, 0.29) is 42.9 Å². The van der Waals surface area contributed by atoms with Crippen LogP contribution in [0.15, 0.2) is 65.1 Å². The normalized spacial score (nSPS) is 12.2. The zero-order valence-electron chi connectivity index (χ0n) is 25.4. The van der Waals surface area contributed by atoms with Crippen LogP contribution in [-0.4, -0.2) is 53.7 Å². The third-order valence-electron chi connectivity index (χ3n) is 7.13. The van der Waals surface area contributed by atoms with Crippen LogP contribution in [-0.2, 0) is 21.0 Å². The van der Waals surface area contributed by atoms with E-state index in [0.29, 0.717) is 30.6 Å². The molecule has 0 aliphatic heterocycles. The summed E-state index contributed by atoms with van der Waals surface area (Å²) >= 11 is 0. The first-order valence-corrected chi connectivity index (χ1v) is 14.9. The van der Waals surface area contributed by atoms with Crippen molar-refractivity contribution in [2.24, 2.45) is 5.92 Å². The number of hydrogen-bond acceptors (Lipinski definition) is 7. The lowest BCUT2D eigenvalue weighted by Gasteiger charge is -2.32. The van der Waals surface area contributed by atoms with Gasteiger partial charge >= 0.3 is 5.97 Å². The highest BCUT2D eigenvalue weighted by molar-refractivity contribution is 5.93. The molecule has 3 aromatic rings. The van der Waals surface area contributed by atoms with E-state index in [9.17, 15) is 24.3 Å². The van der Waals surface area contributed by atoms with Crippen molar-refractivity contribution in [1.82, 2.24) is 15.7 Å². The number of benzene rings is 2. The first-order valence-electron chi connectivity index (χ1n) is 14.9. The summed E-state index contributed by atoms with van der Waals surface area (Å²) in [5, 5.41) is 16.0. The van der Waals surface area contributed by atoms with E-state index in [1.807, 2.05) is 37.3 Å². The van der Waals surface area contributed by atoms with Crippen molar-refractivity contribution >= 4 is 24.2 Å². The smallest absolute Gasteiger partial charge is 0.339 e. The van der Waals surface area contributed by atoms with Crippen molar-refractivity contribution in [3.05, 3.63) is 77.6 Å². The molecule has 0 radical (unpaired) electrons. The lowest BCUT2D eigenvalue weighted by atomic mass is 9.90. The van der Waals surface area contributed by atoms with Crippen LogP contribution in [0.5, 0.6) is 5.75 Å². The van der Waals surface area contributed by atoms with Gasteiger partial charge in [-0.15, -0.1) is 0 Å². The molecular formula is C33H41N3O8. The second-order valence-corrected chi connectivity index (χ2v) is 10.1. The summed E-state index contributed by atoms with van der Waals surface area (Å²) in [5.41, 5.74) is 1.46. The van der Waals surface area contributed by atoms with Crippen LogP contribution in [0, 0.1) is 5.92 Å². The van der Waals surface area contributed by atoms with E-state index in [2.05, 4.69) is 17.6 Å². The number of nitrogens with one attached hydrogen (secondary N) is 2. The molecule has 0 saturated carbocycles. The Morgan fingerprint density at radius 3 is 2.43 bits per heavy atom. The molecule has 0 unspecified atom stereocenters. The van der Waals surface area contributed by atoms with E-state index in [0.717, 1.165) is 24.8 Å². The fourth-order valence-electron chi connectivity index (χ4n) is 4.85. The van der Waals surface area contributed by atoms with Gasteiger partial charge in [0.15, 0.2) is 5.76 Å². The van der Waals surface area contributed by atoms with Crippen molar-refractivity contribution in [1.29, 1.82) is 0 Å². The number of nitrogens with zero attached hydrogens (tertiary/aromatic N) is 1. The number of ether oxygens (including phenoxy) is 1. The lowest BCUT2D eigenvalue weighted by Crippen LogP contribution is -2.48. The molecule has 44 heavy (non-hydrogen) atoms. The second-order valence-electron chi connectivity index (χ2n) is 10.1. The minimum Gasteiger partial charge on any atom is -0.493 e. The number of aromatic carboxylic acids is 1. The highest BCUT2D eigenvalue weighted by atomic mass is 16.7.